The summed E-state index contributed by atoms with van der Waals surface area (Å²) in [5.41, 5.74) is 0.695. The second-order valence-corrected chi connectivity index (χ2v) is 7.79. The van der Waals surface area contributed by atoms with Gasteiger partial charge in [0.25, 0.3) is 5.91 Å². The number of thiophene rings is 2. The van der Waals surface area contributed by atoms with Crippen LogP contribution >= 0.6 is 22.7 Å². The summed E-state index contributed by atoms with van der Waals surface area (Å²) in [6.07, 6.45) is 0. The van der Waals surface area contributed by atoms with E-state index in [1.54, 1.807) is 48.9 Å². The van der Waals surface area contributed by atoms with Crippen molar-refractivity contribution in [1.29, 1.82) is 0 Å². The Morgan fingerprint density at radius 3 is 2.37 bits per heavy atom. The number of Topliss-reactive ketones (excluding diaryl/α,β-unsaturated/α-hetero) is 1. The monoisotopic (exact) mass is 397 g/mol. The average Bonchev–Trinajstić information content (AvgIpc) is 3.44. The van der Waals surface area contributed by atoms with E-state index >= 15 is 0 Å². The lowest BCUT2D eigenvalue weighted by molar-refractivity contribution is -0.117. The van der Waals surface area contributed by atoms with Crippen molar-refractivity contribution in [2.45, 2.75) is 6.04 Å². The number of methoxy groups -OCH3 is 1. The van der Waals surface area contributed by atoms with Gasteiger partial charge in [0.05, 0.1) is 17.6 Å². The molecule has 5 nitrogen and oxygen atoms in total. The quantitative estimate of drug-likeness (QED) is 0.639. The molecule has 0 saturated heterocycles. The van der Waals surface area contributed by atoms with Crippen LogP contribution in [-0.2, 0) is 4.79 Å². The Morgan fingerprint density at radius 1 is 1.07 bits per heavy atom. The lowest BCUT2D eigenvalue weighted by atomic mass is 10.0. The smallest absolute Gasteiger partial charge is 0.294 e. The van der Waals surface area contributed by atoms with Gasteiger partial charge in [-0.25, -0.2) is 0 Å². The maximum atomic E-state index is 13.0. The van der Waals surface area contributed by atoms with Gasteiger partial charge in [-0.15, -0.1) is 22.7 Å². The third-order valence-corrected chi connectivity index (χ3v) is 6.15. The Labute approximate surface area is 163 Å². The van der Waals surface area contributed by atoms with Crippen LogP contribution in [0.25, 0.3) is 0 Å². The molecule has 0 radical (unpaired) electrons. The number of ether oxygens (including phenoxy) is 1. The lowest BCUT2D eigenvalue weighted by Gasteiger charge is -2.25. The fourth-order valence-electron chi connectivity index (χ4n) is 3.10. The predicted octanol–water partition coefficient (Wildman–Crippen LogP) is 4.60. The van der Waals surface area contributed by atoms with Crippen molar-refractivity contribution in [3.8, 4) is 5.75 Å². The molecule has 0 bridgehead atoms. The van der Waals surface area contributed by atoms with Gasteiger partial charge in [-0.3, -0.25) is 14.5 Å². The van der Waals surface area contributed by atoms with E-state index in [9.17, 15) is 14.7 Å². The highest BCUT2D eigenvalue weighted by Crippen LogP contribution is 2.43. The molecular formula is C20H15NO4S2. The molecule has 0 spiro atoms. The van der Waals surface area contributed by atoms with E-state index < -0.39 is 17.7 Å². The topological polar surface area (TPSA) is 66.8 Å². The molecule has 1 aliphatic rings. The summed E-state index contributed by atoms with van der Waals surface area (Å²) in [5, 5.41) is 14.3. The molecule has 136 valence electrons. The first-order valence-electron chi connectivity index (χ1n) is 8.14. The molecule has 1 amide bonds. The van der Waals surface area contributed by atoms with Crippen LogP contribution in [0.3, 0.4) is 0 Å². The van der Waals surface area contributed by atoms with E-state index in [0.29, 0.717) is 16.3 Å². The van der Waals surface area contributed by atoms with Gasteiger partial charge in [0.2, 0.25) is 5.78 Å². The van der Waals surface area contributed by atoms with Crippen molar-refractivity contribution in [3.63, 3.8) is 0 Å². The first kappa shape index (κ1) is 17.5. The molecule has 0 aliphatic carbocycles. The summed E-state index contributed by atoms with van der Waals surface area (Å²) in [5.74, 6) is -0.753. The average molecular weight is 397 g/mol. The molecule has 1 aliphatic heterocycles. The van der Waals surface area contributed by atoms with Crippen molar-refractivity contribution in [1.82, 2.24) is 0 Å². The Balaban J connectivity index is 1.83. The first-order chi connectivity index (χ1) is 13.1. The number of benzene rings is 1. The zero-order valence-electron chi connectivity index (χ0n) is 14.3. The van der Waals surface area contributed by atoms with Crippen LogP contribution < -0.4 is 9.64 Å². The second kappa shape index (κ2) is 7.02. The van der Waals surface area contributed by atoms with Gasteiger partial charge in [-0.05, 0) is 47.2 Å². The maximum absolute atomic E-state index is 13.0. The van der Waals surface area contributed by atoms with Crippen molar-refractivity contribution in [2.24, 2.45) is 0 Å². The molecule has 1 atom stereocenters. The van der Waals surface area contributed by atoms with Crippen LogP contribution in [0.2, 0.25) is 0 Å². The van der Waals surface area contributed by atoms with Crippen molar-refractivity contribution < 1.29 is 19.4 Å². The van der Waals surface area contributed by atoms with E-state index in [0.717, 1.165) is 4.88 Å². The molecule has 4 rings (SSSR count). The van der Waals surface area contributed by atoms with Crippen LogP contribution in [0.1, 0.15) is 20.6 Å². The number of ketones is 1. The zero-order chi connectivity index (χ0) is 19.0. The Bertz CT molecular complexity index is 1000. The number of hydrogen-bond donors (Lipinski definition) is 1. The molecule has 1 unspecified atom stereocenters. The molecule has 7 heteroatoms. The number of carbonyl (C=O) groups excluding carboxylic acids is 2. The highest BCUT2D eigenvalue weighted by Gasteiger charge is 2.45. The number of hydrogen-bond acceptors (Lipinski definition) is 6. The summed E-state index contributed by atoms with van der Waals surface area (Å²) in [4.78, 5) is 28.7. The summed E-state index contributed by atoms with van der Waals surface area (Å²) in [6, 6.07) is 13.5. The number of nitrogens with zero attached hydrogens (tertiary/aromatic N) is 1. The van der Waals surface area contributed by atoms with Gasteiger partial charge in [0, 0.05) is 10.6 Å². The highest BCUT2D eigenvalue weighted by molar-refractivity contribution is 7.12. The summed E-state index contributed by atoms with van der Waals surface area (Å²) in [6.45, 7) is 0. The molecule has 2 aromatic heterocycles. The van der Waals surface area contributed by atoms with Gasteiger partial charge >= 0.3 is 0 Å². The van der Waals surface area contributed by atoms with Crippen molar-refractivity contribution in [2.75, 3.05) is 12.0 Å². The fourth-order valence-corrected chi connectivity index (χ4v) is 4.60. The van der Waals surface area contributed by atoms with Crippen LogP contribution in [0.4, 0.5) is 5.69 Å². The summed E-state index contributed by atoms with van der Waals surface area (Å²) < 4.78 is 5.17. The van der Waals surface area contributed by atoms with Gasteiger partial charge in [-0.2, -0.15) is 0 Å². The van der Waals surface area contributed by atoms with Crippen LogP contribution in [0.15, 0.2) is 70.6 Å². The maximum Gasteiger partial charge on any atom is 0.294 e. The molecule has 0 fully saturated rings. The molecule has 1 N–H and O–H groups in total. The van der Waals surface area contributed by atoms with Crippen LogP contribution in [0, 0.1) is 0 Å². The second-order valence-electron chi connectivity index (χ2n) is 5.86. The standard InChI is InChI=1S/C20H15NO4S2/c1-25-13-8-6-12(7-9-13)21-17(14-4-2-10-26-14)16(19(23)20(21)24)18(22)15-5-3-11-27-15/h2-11,17,23H,1H3. The van der Waals surface area contributed by atoms with Crippen LogP contribution in [-0.4, -0.2) is 23.9 Å². The van der Waals surface area contributed by atoms with Gasteiger partial charge in [-0.1, -0.05) is 12.1 Å². The van der Waals surface area contributed by atoms with E-state index in [4.69, 9.17) is 4.74 Å². The summed E-state index contributed by atoms with van der Waals surface area (Å²) >= 11 is 2.72. The largest absolute Gasteiger partial charge is 0.503 e. The number of aliphatic hydroxyl groups is 1. The SMILES string of the molecule is COc1ccc(N2C(=O)C(O)=C(C(=O)c3cccs3)C2c2cccs2)cc1. The van der Waals surface area contributed by atoms with Gasteiger partial charge in [0.1, 0.15) is 11.8 Å². The van der Waals surface area contributed by atoms with E-state index in [-0.39, 0.29) is 11.4 Å². The Hall–Kier alpha value is -2.90. The molecule has 27 heavy (non-hydrogen) atoms. The molecular weight excluding hydrogens is 382 g/mol. The molecule has 0 saturated carbocycles. The minimum absolute atomic E-state index is 0.112. The minimum Gasteiger partial charge on any atom is -0.503 e. The predicted molar refractivity (Wildman–Crippen MR) is 106 cm³/mol. The number of aliphatic hydroxyl groups excluding tert-OH is 1. The van der Waals surface area contributed by atoms with Crippen molar-refractivity contribution >= 4 is 40.1 Å². The highest BCUT2D eigenvalue weighted by atomic mass is 32.1. The first-order valence-corrected chi connectivity index (χ1v) is 9.90. The van der Waals surface area contributed by atoms with Gasteiger partial charge in [0.15, 0.2) is 5.76 Å². The lowest BCUT2D eigenvalue weighted by Crippen LogP contribution is -2.30. The zero-order valence-corrected chi connectivity index (χ0v) is 15.9. The Morgan fingerprint density at radius 2 is 1.78 bits per heavy atom. The fraction of sp³-hybridized carbons (Fsp3) is 0.100. The molecule has 1 aromatic carbocycles. The number of amides is 1. The van der Waals surface area contributed by atoms with Gasteiger partial charge < -0.3 is 9.84 Å². The Kier molecular flexibility index (Phi) is 4.55. The van der Waals surface area contributed by atoms with E-state index in [2.05, 4.69) is 0 Å². The number of carbonyl (C=O) groups is 2. The minimum atomic E-state index is -0.666. The normalized spacial score (nSPS) is 16.9. The summed E-state index contributed by atoms with van der Waals surface area (Å²) in [7, 11) is 1.57. The third-order valence-electron chi connectivity index (χ3n) is 4.36. The number of anilines is 1. The van der Waals surface area contributed by atoms with Crippen LogP contribution in [0.5, 0.6) is 5.75 Å². The van der Waals surface area contributed by atoms with Crippen molar-refractivity contribution in [3.05, 3.63) is 80.4 Å². The number of rotatable bonds is 5. The molecule has 3 heterocycles. The van der Waals surface area contributed by atoms with E-state index in [1.165, 1.54) is 27.6 Å². The third kappa shape index (κ3) is 2.94. The molecule has 3 aromatic rings. The van der Waals surface area contributed by atoms with E-state index in [1.807, 2.05) is 17.5 Å².